The molecule has 1 N–H and O–H groups in total. The van der Waals surface area contributed by atoms with Gasteiger partial charge >= 0.3 is 5.97 Å². The zero-order valence-corrected chi connectivity index (χ0v) is 15.1. The molecule has 0 radical (unpaired) electrons. The first-order chi connectivity index (χ1) is 11.3. The summed E-state index contributed by atoms with van der Waals surface area (Å²) in [5.74, 6) is -0.247. The summed E-state index contributed by atoms with van der Waals surface area (Å²) in [5.41, 5.74) is 3.34. The third kappa shape index (κ3) is 3.98. The largest absolute Gasteiger partial charge is 0.481 e. The number of carbonyl (C=O) groups is 1. The molecule has 0 amide bonds. The fourth-order valence-corrected chi connectivity index (χ4v) is 4.45. The van der Waals surface area contributed by atoms with E-state index < -0.39 is 5.97 Å². The maximum absolute atomic E-state index is 11.2. The molecule has 0 saturated heterocycles. The van der Waals surface area contributed by atoms with Crippen LogP contribution in [0.2, 0.25) is 0 Å². The summed E-state index contributed by atoms with van der Waals surface area (Å²) in [6.07, 6.45) is 5.49. The third-order valence-corrected chi connectivity index (χ3v) is 5.93. The van der Waals surface area contributed by atoms with Gasteiger partial charge < -0.3 is 5.11 Å². The van der Waals surface area contributed by atoms with E-state index in [9.17, 15) is 9.90 Å². The van der Waals surface area contributed by atoms with Crippen LogP contribution in [-0.2, 0) is 14.6 Å². The Labute approximate surface area is 145 Å². The molecule has 1 fully saturated rings. The highest BCUT2D eigenvalue weighted by Gasteiger charge is 2.46. The Morgan fingerprint density at radius 3 is 2.79 bits per heavy atom. The van der Waals surface area contributed by atoms with Crippen LogP contribution in [0.15, 0.2) is 36.0 Å². The van der Waals surface area contributed by atoms with E-state index in [2.05, 4.69) is 33.9 Å². The van der Waals surface area contributed by atoms with E-state index in [1.165, 1.54) is 11.1 Å². The molecule has 4 nitrogen and oxygen atoms in total. The highest BCUT2D eigenvalue weighted by Crippen LogP contribution is 2.54. The van der Waals surface area contributed by atoms with Crippen LogP contribution in [-0.4, -0.2) is 23.8 Å². The van der Waals surface area contributed by atoms with Crippen molar-refractivity contribution in [1.82, 2.24) is 0 Å². The Kier molecular flexibility index (Phi) is 6.05. The lowest BCUT2D eigenvalue weighted by atomic mass is 9.55. The number of carboxylic acids is 1. The predicted octanol–water partition coefficient (Wildman–Crippen LogP) is 4.68. The van der Waals surface area contributed by atoms with E-state index in [-0.39, 0.29) is 23.9 Å². The average Bonchev–Trinajstić information content (AvgIpc) is 2.51. The molecule has 1 aliphatic heterocycles. The van der Waals surface area contributed by atoms with Crippen molar-refractivity contribution >= 4 is 5.97 Å². The van der Waals surface area contributed by atoms with E-state index in [1.807, 2.05) is 6.08 Å². The molecule has 0 unspecified atom stereocenters. The smallest absolute Gasteiger partial charge is 0.303 e. The van der Waals surface area contributed by atoms with Crippen molar-refractivity contribution in [3.63, 3.8) is 0 Å². The number of hydrogen-bond acceptors (Lipinski definition) is 3. The van der Waals surface area contributed by atoms with Crippen molar-refractivity contribution in [2.24, 2.45) is 17.3 Å². The molecular weight excluding hydrogens is 304 g/mol. The van der Waals surface area contributed by atoms with Gasteiger partial charge in [0.15, 0.2) is 0 Å². The summed E-state index contributed by atoms with van der Waals surface area (Å²) in [7, 11) is 0. The first-order valence-electron chi connectivity index (χ1n) is 8.75. The van der Waals surface area contributed by atoms with Gasteiger partial charge in [0, 0.05) is 6.42 Å². The van der Waals surface area contributed by atoms with Gasteiger partial charge in [-0.3, -0.25) is 4.79 Å². The molecule has 4 heteroatoms. The fourth-order valence-electron chi connectivity index (χ4n) is 4.45. The van der Waals surface area contributed by atoms with Gasteiger partial charge in [-0.25, -0.2) is 9.78 Å². The molecule has 134 valence electrons. The molecule has 1 aliphatic carbocycles. The summed E-state index contributed by atoms with van der Waals surface area (Å²) in [6, 6.07) is 0. The van der Waals surface area contributed by atoms with Crippen LogP contribution in [0.1, 0.15) is 52.9 Å². The Morgan fingerprint density at radius 1 is 1.50 bits per heavy atom. The minimum Gasteiger partial charge on any atom is -0.481 e. The first-order valence-corrected chi connectivity index (χ1v) is 8.75. The lowest BCUT2D eigenvalue weighted by molar-refractivity contribution is -0.319. The van der Waals surface area contributed by atoms with Gasteiger partial charge in [-0.05, 0) is 62.4 Å². The van der Waals surface area contributed by atoms with Crippen molar-refractivity contribution in [3.8, 4) is 0 Å². The van der Waals surface area contributed by atoms with E-state index in [0.29, 0.717) is 18.9 Å². The highest BCUT2D eigenvalue weighted by molar-refractivity contribution is 5.66. The van der Waals surface area contributed by atoms with E-state index in [0.717, 1.165) is 24.8 Å². The molecule has 0 bridgehead atoms. The second-order valence-electron chi connectivity index (χ2n) is 7.60. The summed E-state index contributed by atoms with van der Waals surface area (Å²) < 4.78 is 0. The Hall–Kier alpha value is -1.39. The minimum atomic E-state index is -0.750. The molecule has 4 atom stereocenters. The second-order valence-corrected chi connectivity index (χ2v) is 7.60. The van der Waals surface area contributed by atoms with E-state index in [1.54, 1.807) is 0 Å². The van der Waals surface area contributed by atoms with Crippen LogP contribution in [0, 0.1) is 17.3 Å². The molecule has 0 aromatic rings. The number of rotatable bonds is 6. The molecular formula is C20H30O4. The normalized spacial score (nSPS) is 33.9. The summed E-state index contributed by atoms with van der Waals surface area (Å²) >= 11 is 0. The highest BCUT2D eigenvalue weighted by atomic mass is 17.2. The zero-order valence-electron chi connectivity index (χ0n) is 15.1. The molecule has 0 aromatic carbocycles. The molecule has 0 aromatic heterocycles. The van der Waals surface area contributed by atoms with Crippen LogP contribution >= 0.6 is 0 Å². The maximum Gasteiger partial charge on any atom is 0.303 e. The maximum atomic E-state index is 11.2. The fraction of sp³-hybridized carbons (Fsp3) is 0.650. The Balaban J connectivity index is 2.29. The number of carboxylic acid groups (broad SMARTS) is 1. The first kappa shape index (κ1) is 18.9. The monoisotopic (exact) mass is 334 g/mol. The van der Waals surface area contributed by atoms with E-state index in [4.69, 9.17) is 9.78 Å². The Bertz CT molecular complexity index is 548. The van der Waals surface area contributed by atoms with Gasteiger partial charge in [0.05, 0.1) is 0 Å². The minimum absolute atomic E-state index is 0.0893. The predicted molar refractivity (Wildman–Crippen MR) is 94.3 cm³/mol. The zero-order chi connectivity index (χ0) is 17.9. The van der Waals surface area contributed by atoms with Crippen LogP contribution < -0.4 is 0 Å². The van der Waals surface area contributed by atoms with Crippen molar-refractivity contribution in [3.05, 3.63) is 36.0 Å². The summed E-state index contributed by atoms with van der Waals surface area (Å²) in [5, 5.41) is 9.20. The SMILES string of the molecule is C=C(C)[C@@H]1CCC(=C)[C@H](C[C@@H]2OOCC=C2C)[C@@]1(C)CCC(=O)O. The molecule has 1 heterocycles. The van der Waals surface area contributed by atoms with Gasteiger partial charge in [0.2, 0.25) is 0 Å². The van der Waals surface area contributed by atoms with Gasteiger partial charge in [-0.15, -0.1) is 0 Å². The van der Waals surface area contributed by atoms with Crippen LogP contribution in [0.25, 0.3) is 0 Å². The van der Waals surface area contributed by atoms with Gasteiger partial charge in [-0.2, -0.15) is 0 Å². The molecule has 1 saturated carbocycles. The molecule has 24 heavy (non-hydrogen) atoms. The van der Waals surface area contributed by atoms with Crippen LogP contribution in [0.5, 0.6) is 0 Å². The van der Waals surface area contributed by atoms with E-state index >= 15 is 0 Å². The number of hydrogen-bond donors (Lipinski definition) is 1. The molecule has 0 spiro atoms. The van der Waals surface area contributed by atoms with Crippen LogP contribution in [0.4, 0.5) is 0 Å². The standard InChI is InChI=1S/C20H30O4/c1-13(2)16-7-6-14(3)17(20(16,5)10-8-19(21)22)12-18-15(4)9-11-23-24-18/h9,16-18H,1,3,6-8,10-12H2,2,4-5H3,(H,21,22)/t16-,17-,18-,20-/m0/s1. The third-order valence-electron chi connectivity index (χ3n) is 5.93. The van der Waals surface area contributed by atoms with Gasteiger partial charge in [0.25, 0.3) is 0 Å². The summed E-state index contributed by atoms with van der Waals surface area (Å²) in [6.45, 7) is 15.3. The molecule has 2 aliphatic rings. The topological polar surface area (TPSA) is 55.8 Å². The lowest BCUT2D eigenvalue weighted by Crippen LogP contribution is -2.43. The van der Waals surface area contributed by atoms with Gasteiger partial charge in [-0.1, -0.05) is 37.3 Å². The lowest BCUT2D eigenvalue weighted by Gasteiger charge is -2.50. The van der Waals surface area contributed by atoms with Crippen molar-refractivity contribution in [2.75, 3.05) is 6.61 Å². The van der Waals surface area contributed by atoms with Crippen molar-refractivity contribution in [2.45, 2.75) is 59.0 Å². The number of allylic oxidation sites excluding steroid dienone is 2. The van der Waals surface area contributed by atoms with Crippen molar-refractivity contribution < 1.29 is 19.7 Å². The van der Waals surface area contributed by atoms with Gasteiger partial charge in [0.1, 0.15) is 12.7 Å². The van der Waals surface area contributed by atoms with Crippen LogP contribution in [0.3, 0.4) is 0 Å². The Morgan fingerprint density at radius 2 is 2.21 bits per heavy atom. The quantitative estimate of drug-likeness (QED) is 0.566. The second kappa shape index (κ2) is 7.66. The van der Waals surface area contributed by atoms with Crippen molar-refractivity contribution in [1.29, 1.82) is 0 Å². The summed E-state index contributed by atoms with van der Waals surface area (Å²) in [4.78, 5) is 21.9. The molecule has 2 rings (SSSR count). The number of aliphatic carboxylic acids is 1. The average molecular weight is 334 g/mol.